The van der Waals surface area contributed by atoms with Crippen molar-refractivity contribution in [3.05, 3.63) is 35.1 Å². The molecule has 1 aromatic carbocycles. The first kappa shape index (κ1) is 18.9. The van der Waals surface area contributed by atoms with Crippen molar-refractivity contribution in [2.24, 2.45) is 4.99 Å². The highest BCUT2D eigenvalue weighted by Gasteiger charge is 2.20. The molecule has 0 saturated carbocycles. The number of benzene rings is 1. The minimum atomic E-state index is 0.257. The van der Waals surface area contributed by atoms with Crippen LogP contribution >= 0.6 is 0 Å². The molecule has 4 N–H and O–H groups in total. The highest BCUT2D eigenvalue weighted by molar-refractivity contribution is 6.51. The van der Waals surface area contributed by atoms with E-state index >= 15 is 0 Å². The van der Waals surface area contributed by atoms with Crippen molar-refractivity contribution >= 4 is 28.5 Å². The summed E-state index contributed by atoms with van der Waals surface area (Å²) in [6, 6.07) is 3.71. The summed E-state index contributed by atoms with van der Waals surface area (Å²) in [6.45, 7) is 6.73. The van der Waals surface area contributed by atoms with Gasteiger partial charge in [-0.25, -0.2) is 4.99 Å². The maximum absolute atomic E-state index is 8.15. The summed E-state index contributed by atoms with van der Waals surface area (Å²) in [6.07, 6.45) is 6.49. The summed E-state index contributed by atoms with van der Waals surface area (Å²) in [4.78, 5) is 4.63. The third-order valence-electron chi connectivity index (χ3n) is 4.52. The Morgan fingerprint density at radius 2 is 1.84 bits per heavy atom. The monoisotopic (exact) mass is 340 g/mol. The smallest absolute Gasteiger partial charge is 0.142 e. The van der Waals surface area contributed by atoms with Crippen LogP contribution in [-0.2, 0) is 4.74 Å². The molecular formula is C20H28N4O. The van der Waals surface area contributed by atoms with Crippen LogP contribution < -0.4 is 5.73 Å². The number of unbranched alkanes of at least 4 members (excludes halogenated alkanes) is 3. The number of allylic oxidation sites excluding steroid dienone is 2. The number of nitrogen functional groups attached to an aromatic ring is 1. The first-order chi connectivity index (χ1) is 11.9. The zero-order valence-corrected chi connectivity index (χ0v) is 15.4. The molecule has 2 rings (SSSR count). The number of aliphatic imine (C=N–C) groups is 1. The van der Waals surface area contributed by atoms with Crippen LogP contribution in [-0.4, -0.2) is 23.7 Å². The third kappa shape index (κ3) is 4.78. The highest BCUT2D eigenvalue weighted by Crippen LogP contribution is 2.27. The van der Waals surface area contributed by atoms with E-state index in [4.69, 9.17) is 21.3 Å². The van der Waals surface area contributed by atoms with Crippen LogP contribution in [0.25, 0.3) is 0 Å². The van der Waals surface area contributed by atoms with Crippen LogP contribution in [0.2, 0.25) is 0 Å². The van der Waals surface area contributed by atoms with Crippen molar-refractivity contribution in [2.75, 3.05) is 12.3 Å². The molecule has 0 atom stereocenters. The lowest BCUT2D eigenvalue weighted by Crippen LogP contribution is -2.24. The van der Waals surface area contributed by atoms with E-state index < -0.39 is 0 Å². The minimum absolute atomic E-state index is 0.257. The van der Waals surface area contributed by atoms with E-state index in [2.05, 4.69) is 11.9 Å². The Kier molecular flexibility index (Phi) is 6.51. The molecular weight excluding hydrogens is 312 g/mol. The van der Waals surface area contributed by atoms with Gasteiger partial charge >= 0.3 is 0 Å². The van der Waals surface area contributed by atoms with E-state index in [1.54, 1.807) is 6.08 Å². The van der Waals surface area contributed by atoms with Crippen molar-refractivity contribution in [1.29, 1.82) is 10.8 Å². The summed E-state index contributed by atoms with van der Waals surface area (Å²) in [5, 5.41) is 16.2. The van der Waals surface area contributed by atoms with E-state index in [-0.39, 0.29) is 6.42 Å². The van der Waals surface area contributed by atoms with Gasteiger partial charge in [-0.15, -0.1) is 0 Å². The highest BCUT2D eigenvalue weighted by atomic mass is 16.5. The van der Waals surface area contributed by atoms with Crippen molar-refractivity contribution < 1.29 is 4.74 Å². The van der Waals surface area contributed by atoms with Gasteiger partial charge in [0.15, 0.2) is 0 Å². The zero-order valence-electron chi connectivity index (χ0n) is 15.4. The number of hydrogen-bond donors (Lipinski definition) is 3. The molecule has 0 fully saturated rings. The number of anilines is 1. The van der Waals surface area contributed by atoms with E-state index in [0.29, 0.717) is 29.5 Å². The number of rotatable bonds is 7. The first-order valence-corrected chi connectivity index (χ1v) is 8.88. The number of nitrogens with zero attached hydrogens (tertiary/aromatic N) is 1. The lowest BCUT2D eigenvalue weighted by molar-refractivity contribution is 0.222. The fourth-order valence-electron chi connectivity index (χ4n) is 2.67. The second-order valence-corrected chi connectivity index (χ2v) is 6.47. The summed E-state index contributed by atoms with van der Waals surface area (Å²) in [5.74, 6) is 0.538. The van der Waals surface area contributed by atoms with Crippen LogP contribution in [0.4, 0.5) is 11.4 Å². The molecule has 0 aliphatic heterocycles. The fourth-order valence-corrected chi connectivity index (χ4v) is 2.67. The van der Waals surface area contributed by atoms with Gasteiger partial charge in [-0.05, 0) is 43.5 Å². The third-order valence-corrected chi connectivity index (χ3v) is 4.52. The summed E-state index contributed by atoms with van der Waals surface area (Å²) in [7, 11) is 0. The molecule has 0 spiro atoms. The largest absolute Gasteiger partial charge is 0.492 e. The molecule has 134 valence electrons. The molecule has 0 heterocycles. The molecule has 0 bridgehead atoms. The first-order valence-electron chi connectivity index (χ1n) is 8.88. The van der Waals surface area contributed by atoms with Gasteiger partial charge in [0.1, 0.15) is 5.76 Å². The quantitative estimate of drug-likeness (QED) is 0.487. The molecule has 1 aliphatic rings. The molecule has 25 heavy (non-hydrogen) atoms. The fraction of sp³-hybridized carbons (Fsp3) is 0.450. The Labute approximate surface area is 150 Å². The molecule has 0 saturated heterocycles. The van der Waals surface area contributed by atoms with E-state index in [1.165, 1.54) is 12.8 Å². The molecule has 0 radical (unpaired) electrons. The number of nitrogens with one attached hydrogen (secondary N) is 2. The predicted molar refractivity (Wildman–Crippen MR) is 106 cm³/mol. The topological polar surface area (TPSA) is 95.3 Å². The Bertz CT molecular complexity index is 731. The molecule has 1 aromatic rings. The summed E-state index contributed by atoms with van der Waals surface area (Å²) < 4.78 is 5.77. The second kappa shape index (κ2) is 8.60. The van der Waals surface area contributed by atoms with Gasteiger partial charge in [-0.1, -0.05) is 26.2 Å². The van der Waals surface area contributed by atoms with Gasteiger partial charge in [-0.2, -0.15) is 0 Å². The maximum Gasteiger partial charge on any atom is 0.142 e. The minimum Gasteiger partial charge on any atom is -0.492 e. The Morgan fingerprint density at radius 3 is 2.56 bits per heavy atom. The SMILES string of the molecule is CCCCCCOC1=CC(=Nc2ccc(N)c(C)c2C)C(=N)CC1=N. The van der Waals surface area contributed by atoms with Gasteiger partial charge in [-0.3, -0.25) is 0 Å². The zero-order chi connectivity index (χ0) is 18.4. The Hall–Kier alpha value is -2.43. The molecule has 1 aliphatic carbocycles. The predicted octanol–water partition coefficient (Wildman–Crippen LogP) is 4.88. The second-order valence-electron chi connectivity index (χ2n) is 6.47. The average molecular weight is 340 g/mol. The van der Waals surface area contributed by atoms with Crippen LogP contribution in [0.15, 0.2) is 29.0 Å². The number of hydrogen-bond acceptors (Lipinski definition) is 5. The van der Waals surface area contributed by atoms with Gasteiger partial charge in [0, 0.05) is 18.2 Å². The Balaban J connectivity index is 2.19. The number of nitrogens with two attached hydrogens (primary N) is 1. The van der Waals surface area contributed by atoms with E-state index in [1.807, 2.05) is 26.0 Å². The summed E-state index contributed by atoms with van der Waals surface area (Å²) in [5.41, 5.74) is 10.8. The Morgan fingerprint density at radius 1 is 1.08 bits per heavy atom. The van der Waals surface area contributed by atoms with Crippen LogP contribution in [0.5, 0.6) is 0 Å². The van der Waals surface area contributed by atoms with Gasteiger partial charge < -0.3 is 21.3 Å². The van der Waals surface area contributed by atoms with Crippen molar-refractivity contribution in [3.63, 3.8) is 0 Å². The molecule has 0 unspecified atom stereocenters. The molecule has 5 nitrogen and oxygen atoms in total. The molecule has 5 heteroatoms. The lowest BCUT2D eigenvalue weighted by Gasteiger charge is -2.18. The van der Waals surface area contributed by atoms with E-state index in [0.717, 1.165) is 35.3 Å². The normalized spacial score (nSPS) is 16.3. The maximum atomic E-state index is 8.15. The average Bonchev–Trinajstić information content (AvgIpc) is 2.58. The van der Waals surface area contributed by atoms with Crippen LogP contribution in [0.1, 0.15) is 50.2 Å². The molecule has 0 aromatic heterocycles. The van der Waals surface area contributed by atoms with Crippen molar-refractivity contribution in [2.45, 2.75) is 52.9 Å². The molecule has 0 amide bonds. The lowest BCUT2D eigenvalue weighted by atomic mass is 9.99. The van der Waals surface area contributed by atoms with Gasteiger partial charge in [0.05, 0.1) is 29.4 Å². The van der Waals surface area contributed by atoms with Crippen LogP contribution in [0.3, 0.4) is 0 Å². The van der Waals surface area contributed by atoms with Gasteiger partial charge in [0.2, 0.25) is 0 Å². The van der Waals surface area contributed by atoms with E-state index in [9.17, 15) is 0 Å². The van der Waals surface area contributed by atoms with Crippen molar-refractivity contribution in [1.82, 2.24) is 0 Å². The van der Waals surface area contributed by atoms with Crippen molar-refractivity contribution in [3.8, 4) is 0 Å². The van der Waals surface area contributed by atoms with Gasteiger partial charge in [0.25, 0.3) is 0 Å². The van der Waals surface area contributed by atoms with Crippen LogP contribution in [0, 0.1) is 24.7 Å². The number of ether oxygens (including phenoxy) is 1. The standard InChI is InChI=1S/C20H28N4O/c1-4-5-6-7-10-25-20-12-19(16(22)11-17(20)23)24-18-9-8-15(21)13(2)14(18)3/h8-9,12,22-23H,4-7,10-11,21H2,1-3H3. The summed E-state index contributed by atoms with van der Waals surface area (Å²) >= 11 is 0.